The van der Waals surface area contributed by atoms with Crippen molar-refractivity contribution < 1.29 is 9.47 Å². The van der Waals surface area contributed by atoms with Crippen LogP contribution in [-0.2, 0) is 0 Å². The van der Waals surface area contributed by atoms with Crippen LogP contribution in [0.15, 0.2) is 60.0 Å². The van der Waals surface area contributed by atoms with E-state index in [1.54, 1.807) is 14.2 Å². The van der Waals surface area contributed by atoms with Crippen molar-refractivity contribution in [3.8, 4) is 11.5 Å². The van der Waals surface area contributed by atoms with E-state index in [0.29, 0.717) is 6.04 Å². The molecule has 5 heteroatoms. The lowest BCUT2D eigenvalue weighted by Gasteiger charge is -2.47. The van der Waals surface area contributed by atoms with Gasteiger partial charge in [-0.1, -0.05) is 24.3 Å². The molecule has 1 aromatic carbocycles. The third kappa shape index (κ3) is 4.26. The SMILES string of the molecule is COc1ccc(C(C)N2C(C3=C(C)C=CCN3)CCCC2c2ncccc2C)c(OC)c1. The molecule has 2 aliphatic heterocycles. The molecule has 3 unspecified atom stereocenters. The minimum absolute atomic E-state index is 0.139. The van der Waals surface area contributed by atoms with Crippen LogP contribution in [0.3, 0.4) is 0 Å². The molecule has 3 heterocycles. The van der Waals surface area contributed by atoms with Gasteiger partial charge in [0, 0.05) is 36.1 Å². The van der Waals surface area contributed by atoms with E-state index < -0.39 is 0 Å². The van der Waals surface area contributed by atoms with Crippen LogP contribution < -0.4 is 14.8 Å². The molecule has 3 atom stereocenters. The van der Waals surface area contributed by atoms with Crippen LogP contribution in [0.2, 0.25) is 0 Å². The molecule has 4 rings (SSSR count). The van der Waals surface area contributed by atoms with E-state index in [1.807, 2.05) is 24.4 Å². The van der Waals surface area contributed by atoms with Gasteiger partial charge >= 0.3 is 0 Å². The Morgan fingerprint density at radius 2 is 1.91 bits per heavy atom. The van der Waals surface area contributed by atoms with Gasteiger partial charge in [0.15, 0.2) is 0 Å². The number of piperidine rings is 1. The number of nitrogens with zero attached hydrogens (tertiary/aromatic N) is 2. The topological polar surface area (TPSA) is 46.6 Å². The number of allylic oxidation sites excluding steroid dienone is 2. The molecule has 1 saturated heterocycles. The Bertz CT molecular complexity index is 1010. The predicted octanol–water partition coefficient (Wildman–Crippen LogP) is 5.50. The summed E-state index contributed by atoms with van der Waals surface area (Å²) in [6.07, 6.45) is 9.77. The van der Waals surface area contributed by atoms with Gasteiger partial charge in [0.2, 0.25) is 0 Å². The van der Waals surface area contributed by atoms with Crippen LogP contribution in [0.5, 0.6) is 11.5 Å². The van der Waals surface area contributed by atoms with Gasteiger partial charge in [-0.2, -0.15) is 0 Å². The predicted molar refractivity (Wildman–Crippen MR) is 129 cm³/mol. The number of ether oxygens (including phenoxy) is 2. The molecule has 2 aromatic rings. The molecule has 0 amide bonds. The average Bonchev–Trinajstić information content (AvgIpc) is 2.83. The lowest BCUT2D eigenvalue weighted by Crippen LogP contribution is -2.48. The maximum atomic E-state index is 5.81. The zero-order valence-electron chi connectivity index (χ0n) is 19.9. The molecule has 32 heavy (non-hydrogen) atoms. The molecule has 5 nitrogen and oxygen atoms in total. The number of likely N-dealkylation sites (tertiary alicyclic amines) is 1. The molecular weight excluding hydrogens is 398 g/mol. The first-order chi connectivity index (χ1) is 15.5. The monoisotopic (exact) mass is 433 g/mol. The zero-order valence-corrected chi connectivity index (χ0v) is 19.9. The summed E-state index contributed by atoms with van der Waals surface area (Å²) in [6.45, 7) is 7.56. The maximum Gasteiger partial charge on any atom is 0.127 e. The standard InChI is InChI=1S/C27H35N3O2/c1-18-9-7-15-28-26(18)23-11-6-12-24(27-19(2)10-8-16-29-27)30(23)20(3)22-14-13-21(31-4)17-25(22)32-5/h7-10,13-15,17,20,23-24,29H,6,11-12,16H2,1-5H3. The lowest BCUT2D eigenvalue weighted by molar-refractivity contribution is 0.0531. The number of nitrogens with one attached hydrogen (secondary N) is 1. The third-order valence-electron chi connectivity index (χ3n) is 6.91. The highest BCUT2D eigenvalue weighted by atomic mass is 16.5. The zero-order chi connectivity index (χ0) is 22.7. The summed E-state index contributed by atoms with van der Waals surface area (Å²) in [6, 6.07) is 11.0. The van der Waals surface area contributed by atoms with Crippen molar-refractivity contribution in [1.82, 2.24) is 15.2 Å². The number of hydrogen-bond donors (Lipinski definition) is 1. The van der Waals surface area contributed by atoms with Gasteiger partial charge in [-0.25, -0.2) is 0 Å². The first-order valence-corrected chi connectivity index (χ1v) is 11.6. The summed E-state index contributed by atoms with van der Waals surface area (Å²) >= 11 is 0. The van der Waals surface area contributed by atoms with E-state index in [-0.39, 0.29) is 12.1 Å². The van der Waals surface area contributed by atoms with E-state index >= 15 is 0 Å². The second-order valence-electron chi connectivity index (χ2n) is 8.78. The number of aryl methyl sites for hydroxylation is 1. The van der Waals surface area contributed by atoms with E-state index in [9.17, 15) is 0 Å². The minimum Gasteiger partial charge on any atom is -0.497 e. The Morgan fingerprint density at radius 3 is 2.62 bits per heavy atom. The van der Waals surface area contributed by atoms with E-state index in [1.165, 1.54) is 34.5 Å². The van der Waals surface area contributed by atoms with Crippen molar-refractivity contribution in [2.24, 2.45) is 0 Å². The molecule has 2 aliphatic rings. The molecule has 0 saturated carbocycles. The molecule has 0 radical (unpaired) electrons. The summed E-state index contributed by atoms with van der Waals surface area (Å²) in [5, 5.41) is 3.69. The van der Waals surface area contributed by atoms with Gasteiger partial charge in [0.1, 0.15) is 11.5 Å². The Labute approximate surface area is 192 Å². The third-order valence-corrected chi connectivity index (χ3v) is 6.91. The summed E-state index contributed by atoms with van der Waals surface area (Å²) in [5.74, 6) is 1.67. The summed E-state index contributed by atoms with van der Waals surface area (Å²) in [5.41, 5.74) is 6.26. The van der Waals surface area contributed by atoms with Crippen molar-refractivity contribution >= 4 is 0 Å². The molecule has 0 spiro atoms. The minimum atomic E-state index is 0.139. The molecular formula is C27H35N3O2. The number of pyridine rings is 1. The number of methoxy groups -OCH3 is 2. The van der Waals surface area contributed by atoms with Crippen molar-refractivity contribution in [2.45, 2.75) is 58.2 Å². The molecule has 170 valence electrons. The quantitative estimate of drug-likeness (QED) is 0.652. The Balaban J connectivity index is 1.82. The smallest absolute Gasteiger partial charge is 0.127 e. The summed E-state index contributed by atoms with van der Waals surface area (Å²) in [7, 11) is 3.43. The van der Waals surface area contributed by atoms with Crippen LogP contribution in [0.25, 0.3) is 0 Å². The van der Waals surface area contributed by atoms with Crippen LogP contribution in [-0.4, -0.2) is 36.7 Å². The van der Waals surface area contributed by atoms with Crippen molar-refractivity contribution in [1.29, 1.82) is 0 Å². The second-order valence-corrected chi connectivity index (χ2v) is 8.78. The van der Waals surface area contributed by atoms with Crippen LogP contribution in [0.4, 0.5) is 0 Å². The number of benzene rings is 1. The highest BCUT2D eigenvalue weighted by Gasteiger charge is 2.39. The molecule has 0 aliphatic carbocycles. The van der Waals surface area contributed by atoms with Gasteiger partial charge < -0.3 is 14.8 Å². The van der Waals surface area contributed by atoms with Gasteiger partial charge in [-0.05, 0) is 63.3 Å². The van der Waals surface area contributed by atoms with Gasteiger partial charge in [0.25, 0.3) is 0 Å². The number of aromatic nitrogens is 1. The highest BCUT2D eigenvalue weighted by Crippen LogP contribution is 2.45. The van der Waals surface area contributed by atoms with Crippen molar-refractivity contribution in [3.05, 3.63) is 76.8 Å². The summed E-state index contributed by atoms with van der Waals surface area (Å²) in [4.78, 5) is 7.51. The fourth-order valence-corrected chi connectivity index (χ4v) is 5.32. The van der Waals surface area contributed by atoms with Crippen LogP contribution in [0.1, 0.15) is 62.0 Å². The Morgan fingerprint density at radius 1 is 1.09 bits per heavy atom. The average molecular weight is 434 g/mol. The van der Waals surface area contributed by atoms with E-state index in [2.05, 4.69) is 55.3 Å². The fourth-order valence-electron chi connectivity index (χ4n) is 5.32. The molecule has 1 N–H and O–H groups in total. The van der Waals surface area contributed by atoms with Crippen molar-refractivity contribution in [2.75, 3.05) is 20.8 Å². The van der Waals surface area contributed by atoms with Crippen LogP contribution in [0, 0.1) is 6.92 Å². The first-order valence-electron chi connectivity index (χ1n) is 11.6. The van der Waals surface area contributed by atoms with Crippen LogP contribution >= 0.6 is 0 Å². The normalized spacial score (nSPS) is 22.4. The Hall–Kier alpha value is -2.79. The largest absolute Gasteiger partial charge is 0.497 e. The first kappa shape index (κ1) is 22.4. The van der Waals surface area contributed by atoms with Crippen molar-refractivity contribution in [3.63, 3.8) is 0 Å². The number of hydrogen-bond acceptors (Lipinski definition) is 5. The molecule has 0 bridgehead atoms. The second kappa shape index (κ2) is 9.78. The highest BCUT2D eigenvalue weighted by molar-refractivity contribution is 5.43. The van der Waals surface area contributed by atoms with Gasteiger partial charge in [-0.15, -0.1) is 0 Å². The fraction of sp³-hybridized carbons (Fsp3) is 0.444. The Kier molecular flexibility index (Phi) is 6.85. The molecule has 1 fully saturated rings. The van der Waals surface area contributed by atoms with E-state index in [4.69, 9.17) is 14.5 Å². The lowest BCUT2D eigenvalue weighted by atomic mass is 9.85. The van der Waals surface area contributed by atoms with E-state index in [0.717, 1.165) is 30.9 Å². The maximum absolute atomic E-state index is 5.81. The van der Waals surface area contributed by atoms with Gasteiger partial charge in [0.05, 0.1) is 32.0 Å². The summed E-state index contributed by atoms with van der Waals surface area (Å²) < 4.78 is 11.2. The molecule has 1 aromatic heterocycles. The number of dihydropyridines is 1. The van der Waals surface area contributed by atoms with Gasteiger partial charge in [-0.3, -0.25) is 9.88 Å². The number of rotatable bonds is 6.